The fourth-order valence-corrected chi connectivity index (χ4v) is 6.41. The summed E-state index contributed by atoms with van der Waals surface area (Å²) in [6, 6.07) is 7.47. The lowest BCUT2D eigenvalue weighted by atomic mass is 9.89. The van der Waals surface area contributed by atoms with Crippen LogP contribution in [0.25, 0.3) is 21.7 Å². The molecule has 166 valence electrons. The van der Waals surface area contributed by atoms with E-state index in [9.17, 15) is 4.79 Å². The first-order valence-electron chi connectivity index (χ1n) is 10.7. The van der Waals surface area contributed by atoms with Gasteiger partial charge in [-0.2, -0.15) is 0 Å². The maximum atomic E-state index is 13.3. The van der Waals surface area contributed by atoms with Crippen LogP contribution < -0.4 is 10.3 Å². The third kappa shape index (κ3) is 3.84. The number of rotatable bonds is 6. The molecule has 4 aromatic rings. The lowest BCUT2D eigenvalue weighted by molar-refractivity contribution is 0.415. The van der Waals surface area contributed by atoms with Crippen molar-refractivity contribution < 1.29 is 9.15 Å². The molecule has 0 amide bonds. The second-order valence-electron chi connectivity index (χ2n) is 7.99. The summed E-state index contributed by atoms with van der Waals surface area (Å²) >= 11 is 3.13. The first kappa shape index (κ1) is 21.2. The molecule has 0 saturated carbocycles. The lowest BCUT2D eigenvalue weighted by Gasteiger charge is -2.17. The molecule has 0 aliphatic heterocycles. The Kier molecular flexibility index (Phi) is 5.77. The van der Waals surface area contributed by atoms with Crippen LogP contribution in [-0.4, -0.2) is 26.9 Å². The van der Waals surface area contributed by atoms with Crippen LogP contribution in [0.2, 0.25) is 0 Å². The van der Waals surface area contributed by atoms with Crippen LogP contribution in [0.5, 0.6) is 5.75 Å². The molecule has 3 aromatic heterocycles. The summed E-state index contributed by atoms with van der Waals surface area (Å²) in [7, 11) is 1.63. The molecule has 0 N–H and O–H groups in total. The molecule has 0 bridgehead atoms. The summed E-state index contributed by atoms with van der Waals surface area (Å²) in [5, 5.41) is 9.85. The van der Waals surface area contributed by atoms with Crippen molar-refractivity contribution in [3.05, 3.63) is 51.0 Å². The van der Waals surface area contributed by atoms with Gasteiger partial charge in [0.05, 0.1) is 18.2 Å². The zero-order valence-corrected chi connectivity index (χ0v) is 19.9. The summed E-state index contributed by atoms with van der Waals surface area (Å²) in [4.78, 5) is 20.4. The van der Waals surface area contributed by atoms with E-state index in [2.05, 4.69) is 17.1 Å². The minimum atomic E-state index is 0.0662. The molecule has 9 heteroatoms. The van der Waals surface area contributed by atoms with E-state index in [1.54, 1.807) is 23.0 Å². The Morgan fingerprint density at radius 2 is 2.09 bits per heavy atom. The minimum Gasteiger partial charge on any atom is -0.497 e. The Hall–Kier alpha value is -2.65. The highest BCUT2D eigenvalue weighted by Gasteiger charge is 2.24. The lowest BCUT2D eigenvalue weighted by Crippen LogP contribution is -2.23. The second-order valence-corrected chi connectivity index (χ2v) is 10.0. The largest absolute Gasteiger partial charge is 0.497 e. The summed E-state index contributed by atoms with van der Waals surface area (Å²) in [5.41, 5.74) is 2.12. The molecule has 1 aliphatic rings. The Balaban J connectivity index is 1.41. The Labute approximate surface area is 193 Å². The van der Waals surface area contributed by atoms with E-state index in [1.165, 1.54) is 22.2 Å². The highest BCUT2D eigenvalue weighted by molar-refractivity contribution is 7.98. The molecule has 0 radical (unpaired) electrons. The SMILES string of the molecule is CCn1c(SCc2nnc(-c3ccc(OC)cc3)o2)nc2sc3c(c2c1=O)CCC(C)C3. The van der Waals surface area contributed by atoms with Gasteiger partial charge in [0.15, 0.2) is 5.16 Å². The van der Waals surface area contributed by atoms with Gasteiger partial charge in [0.25, 0.3) is 5.56 Å². The number of fused-ring (bicyclic) bond motifs is 3. The first-order chi connectivity index (χ1) is 15.6. The van der Waals surface area contributed by atoms with Gasteiger partial charge in [0.1, 0.15) is 10.6 Å². The van der Waals surface area contributed by atoms with Crippen LogP contribution in [0.4, 0.5) is 0 Å². The summed E-state index contributed by atoms with van der Waals surface area (Å²) in [6.07, 6.45) is 3.15. The third-order valence-corrected chi connectivity index (χ3v) is 7.93. The van der Waals surface area contributed by atoms with Gasteiger partial charge in [-0.3, -0.25) is 9.36 Å². The van der Waals surface area contributed by atoms with E-state index >= 15 is 0 Å². The van der Waals surface area contributed by atoms with Gasteiger partial charge < -0.3 is 9.15 Å². The molecule has 1 unspecified atom stereocenters. The monoisotopic (exact) mass is 468 g/mol. The number of benzene rings is 1. The molecule has 5 rings (SSSR count). The van der Waals surface area contributed by atoms with Gasteiger partial charge in [0, 0.05) is 17.0 Å². The zero-order valence-electron chi connectivity index (χ0n) is 18.3. The van der Waals surface area contributed by atoms with Crippen LogP contribution >= 0.6 is 23.1 Å². The topological polar surface area (TPSA) is 83.0 Å². The van der Waals surface area contributed by atoms with E-state index in [0.29, 0.717) is 35.2 Å². The number of aryl methyl sites for hydroxylation is 1. The van der Waals surface area contributed by atoms with Crippen LogP contribution in [0.3, 0.4) is 0 Å². The second kappa shape index (κ2) is 8.71. The van der Waals surface area contributed by atoms with E-state index < -0.39 is 0 Å². The van der Waals surface area contributed by atoms with Gasteiger partial charge in [-0.1, -0.05) is 18.7 Å². The fourth-order valence-electron chi connectivity index (χ4n) is 4.08. The van der Waals surface area contributed by atoms with Gasteiger partial charge in [0.2, 0.25) is 11.8 Å². The van der Waals surface area contributed by atoms with Gasteiger partial charge in [-0.25, -0.2) is 4.98 Å². The Morgan fingerprint density at radius 1 is 1.28 bits per heavy atom. The van der Waals surface area contributed by atoms with Crippen molar-refractivity contribution in [2.75, 3.05) is 7.11 Å². The maximum absolute atomic E-state index is 13.3. The molecule has 7 nitrogen and oxygen atoms in total. The van der Waals surface area contributed by atoms with Crippen LogP contribution in [0.1, 0.15) is 36.6 Å². The number of nitrogens with zero attached hydrogens (tertiary/aromatic N) is 4. The maximum Gasteiger partial charge on any atom is 0.263 e. The average molecular weight is 469 g/mol. The van der Waals surface area contributed by atoms with Crippen molar-refractivity contribution >= 4 is 33.3 Å². The smallest absolute Gasteiger partial charge is 0.263 e. The van der Waals surface area contributed by atoms with Gasteiger partial charge in [-0.15, -0.1) is 21.5 Å². The van der Waals surface area contributed by atoms with Crippen molar-refractivity contribution in [3.63, 3.8) is 0 Å². The Morgan fingerprint density at radius 3 is 2.84 bits per heavy atom. The molecule has 3 heterocycles. The Bertz CT molecular complexity index is 1320. The molecule has 32 heavy (non-hydrogen) atoms. The van der Waals surface area contributed by atoms with Gasteiger partial charge >= 0.3 is 0 Å². The summed E-state index contributed by atoms with van der Waals surface area (Å²) in [6.45, 7) is 4.83. The van der Waals surface area contributed by atoms with Crippen LogP contribution in [-0.2, 0) is 25.1 Å². The van der Waals surface area contributed by atoms with Crippen molar-refractivity contribution in [1.82, 2.24) is 19.7 Å². The van der Waals surface area contributed by atoms with E-state index in [1.807, 2.05) is 31.2 Å². The fraction of sp³-hybridized carbons (Fsp3) is 0.391. The predicted octanol–water partition coefficient (Wildman–Crippen LogP) is 4.95. The highest BCUT2D eigenvalue weighted by atomic mass is 32.2. The predicted molar refractivity (Wildman–Crippen MR) is 127 cm³/mol. The number of ether oxygens (including phenoxy) is 1. The van der Waals surface area contributed by atoms with Crippen molar-refractivity contribution in [2.45, 2.75) is 50.6 Å². The number of hydrogen-bond donors (Lipinski definition) is 0. The number of thiophene rings is 1. The number of thioether (sulfide) groups is 1. The van der Waals surface area contributed by atoms with Crippen molar-refractivity contribution in [1.29, 1.82) is 0 Å². The molecular weight excluding hydrogens is 444 g/mol. The number of aromatic nitrogens is 4. The molecule has 0 spiro atoms. The zero-order chi connectivity index (χ0) is 22.2. The highest BCUT2D eigenvalue weighted by Crippen LogP contribution is 2.36. The summed E-state index contributed by atoms with van der Waals surface area (Å²) < 4.78 is 12.8. The van der Waals surface area contributed by atoms with Crippen LogP contribution in [0, 0.1) is 5.92 Å². The quantitative estimate of drug-likeness (QED) is 0.292. The molecular formula is C23H24N4O3S2. The van der Waals surface area contributed by atoms with Gasteiger partial charge in [-0.05, 0) is 61.9 Å². The average Bonchev–Trinajstić information content (AvgIpc) is 3.42. The molecule has 1 aromatic carbocycles. The van der Waals surface area contributed by atoms with E-state index in [0.717, 1.165) is 40.8 Å². The third-order valence-electron chi connectivity index (χ3n) is 5.82. The minimum absolute atomic E-state index is 0.0662. The number of methoxy groups -OCH3 is 1. The first-order valence-corrected chi connectivity index (χ1v) is 12.5. The van der Waals surface area contributed by atoms with E-state index in [4.69, 9.17) is 14.1 Å². The number of hydrogen-bond acceptors (Lipinski definition) is 8. The molecule has 0 fully saturated rings. The molecule has 0 saturated heterocycles. The standard InChI is InChI=1S/C23H24N4O3S2/c1-4-27-22(28)19-16-10-5-13(2)11-17(16)32-21(19)24-23(27)31-12-18-25-26-20(30-18)14-6-8-15(29-3)9-7-14/h6-9,13H,4-5,10-12H2,1-3H3. The molecule has 1 atom stereocenters. The van der Waals surface area contributed by atoms with Crippen molar-refractivity contribution in [3.8, 4) is 17.2 Å². The van der Waals surface area contributed by atoms with Crippen molar-refractivity contribution in [2.24, 2.45) is 5.92 Å². The summed E-state index contributed by atoms with van der Waals surface area (Å²) in [5.74, 6) is 2.84. The molecule has 1 aliphatic carbocycles. The van der Waals surface area contributed by atoms with Crippen LogP contribution in [0.15, 0.2) is 38.6 Å². The van der Waals surface area contributed by atoms with E-state index in [-0.39, 0.29) is 5.56 Å². The normalized spacial score (nSPS) is 15.8.